The van der Waals surface area contributed by atoms with Crippen LogP contribution in [0.15, 0.2) is 18.2 Å². The van der Waals surface area contributed by atoms with E-state index in [4.69, 9.17) is 4.74 Å². The minimum absolute atomic E-state index is 0.00102. The Morgan fingerprint density at radius 1 is 1.30 bits per heavy atom. The quantitative estimate of drug-likeness (QED) is 0.887. The van der Waals surface area contributed by atoms with Crippen LogP contribution in [0.1, 0.15) is 22.8 Å². The second-order valence-corrected chi connectivity index (χ2v) is 6.33. The predicted molar refractivity (Wildman–Crippen MR) is 87.5 cm³/mol. The Bertz CT molecular complexity index is 632. The van der Waals surface area contributed by atoms with E-state index in [0.717, 1.165) is 18.7 Å². The van der Waals surface area contributed by atoms with Gasteiger partial charge in [0.1, 0.15) is 0 Å². The van der Waals surface area contributed by atoms with Gasteiger partial charge in [0.2, 0.25) is 5.91 Å². The number of anilines is 1. The van der Waals surface area contributed by atoms with Crippen molar-refractivity contribution in [2.45, 2.75) is 26.0 Å². The highest BCUT2D eigenvalue weighted by atomic mass is 16.5. The number of rotatable bonds is 2. The van der Waals surface area contributed by atoms with Gasteiger partial charge >= 0.3 is 0 Å². The van der Waals surface area contributed by atoms with E-state index in [1.807, 2.05) is 24.0 Å². The van der Waals surface area contributed by atoms with Crippen LogP contribution in [0, 0.1) is 6.92 Å². The molecule has 0 radical (unpaired) electrons. The number of likely N-dealkylation sites (N-methyl/N-ethyl adjacent to an activating group) is 1. The van der Waals surface area contributed by atoms with Crippen molar-refractivity contribution in [1.82, 2.24) is 9.80 Å². The molecule has 0 saturated carbocycles. The zero-order valence-electron chi connectivity index (χ0n) is 13.8. The first-order valence-electron chi connectivity index (χ1n) is 7.95. The van der Waals surface area contributed by atoms with Crippen molar-refractivity contribution in [1.29, 1.82) is 0 Å². The van der Waals surface area contributed by atoms with E-state index in [0.29, 0.717) is 24.3 Å². The lowest BCUT2D eigenvalue weighted by atomic mass is 10.1. The highest BCUT2D eigenvalue weighted by Crippen LogP contribution is 2.26. The summed E-state index contributed by atoms with van der Waals surface area (Å²) in [5.41, 5.74) is 2.13. The molecule has 0 aromatic heterocycles. The number of nitrogens with zero attached hydrogens (tertiary/aromatic N) is 2. The molecule has 6 nitrogen and oxygen atoms in total. The Kier molecular flexibility index (Phi) is 4.37. The number of hydrogen-bond donors (Lipinski definition) is 1. The smallest absolute Gasteiger partial charge is 0.254 e. The number of ether oxygens (including phenoxy) is 1. The summed E-state index contributed by atoms with van der Waals surface area (Å²) in [7, 11) is 2.08. The van der Waals surface area contributed by atoms with E-state index < -0.39 is 0 Å². The Balaban J connectivity index is 1.80. The average molecular weight is 317 g/mol. The van der Waals surface area contributed by atoms with Crippen LogP contribution in [-0.2, 0) is 9.53 Å². The van der Waals surface area contributed by atoms with Crippen LogP contribution in [0.4, 0.5) is 5.69 Å². The molecule has 3 rings (SSSR count). The molecule has 23 heavy (non-hydrogen) atoms. The lowest BCUT2D eigenvalue weighted by Crippen LogP contribution is -2.48. The maximum atomic E-state index is 12.9. The van der Waals surface area contributed by atoms with Gasteiger partial charge in [-0.05, 0) is 31.7 Å². The Morgan fingerprint density at radius 3 is 2.78 bits per heavy atom. The number of likely N-dealkylation sites (tertiary alicyclic amines) is 1. The van der Waals surface area contributed by atoms with Crippen molar-refractivity contribution >= 4 is 17.5 Å². The van der Waals surface area contributed by atoms with Crippen LogP contribution in [0.3, 0.4) is 0 Å². The molecule has 1 aromatic carbocycles. The summed E-state index contributed by atoms with van der Waals surface area (Å²) < 4.78 is 5.80. The van der Waals surface area contributed by atoms with Gasteiger partial charge in [-0.3, -0.25) is 14.5 Å². The molecule has 2 aliphatic rings. The number of amides is 2. The van der Waals surface area contributed by atoms with Gasteiger partial charge < -0.3 is 15.0 Å². The molecule has 2 atom stereocenters. The second-order valence-electron chi connectivity index (χ2n) is 6.33. The molecule has 2 amide bonds. The van der Waals surface area contributed by atoms with Crippen LogP contribution >= 0.6 is 0 Å². The van der Waals surface area contributed by atoms with Crippen LogP contribution in [-0.4, -0.2) is 67.0 Å². The Morgan fingerprint density at radius 2 is 2.09 bits per heavy atom. The molecule has 2 heterocycles. The van der Waals surface area contributed by atoms with Crippen molar-refractivity contribution in [2.75, 3.05) is 38.6 Å². The summed E-state index contributed by atoms with van der Waals surface area (Å²) in [4.78, 5) is 28.3. The largest absolute Gasteiger partial charge is 0.373 e. The van der Waals surface area contributed by atoms with Gasteiger partial charge in [-0.2, -0.15) is 0 Å². The summed E-state index contributed by atoms with van der Waals surface area (Å²) in [6, 6.07) is 5.70. The first-order chi connectivity index (χ1) is 11.0. The first-order valence-corrected chi connectivity index (χ1v) is 7.95. The van der Waals surface area contributed by atoms with Crippen molar-refractivity contribution in [2.24, 2.45) is 0 Å². The molecule has 2 saturated heterocycles. The molecule has 2 aliphatic heterocycles. The fourth-order valence-corrected chi connectivity index (χ4v) is 3.39. The minimum Gasteiger partial charge on any atom is -0.373 e. The zero-order chi connectivity index (χ0) is 16.6. The lowest BCUT2D eigenvalue weighted by Gasteiger charge is -2.33. The highest BCUT2D eigenvalue weighted by Gasteiger charge is 2.40. The van der Waals surface area contributed by atoms with Gasteiger partial charge in [0.05, 0.1) is 18.8 Å². The summed E-state index contributed by atoms with van der Waals surface area (Å²) in [6.07, 6.45) is 0.0940. The fourth-order valence-electron chi connectivity index (χ4n) is 3.39. The second kappa shape index (κ2) is 6.29. The normalized spacial score (nSPS) is 24.4. The molecule has 1 N–H and O–H groups in total. The van der Waals surface area contributed by atoms with Crippen LogP contribution < -0.4 is 5.32 Å². The predicted octanol–water partition coefficient (Wildman–Crippen LogP) is 1.11. The van der Waals surface area contributed by atoms with Crippen LogP contribution in [0.25, 0.3) is 0 Å². The third-order valence-corrected chi connectivity index (χ3v) is 4.74. The van der Waals surface area contributed by atoms with Gasteiger partial charge in [-0.25, -0.2) is 0 Å². The zero-order valence-corrected chi connectivity index (χ0v) is 13.8. The molecule has 2 fully saturated rings. The van der Waals surface area contributed by atoms with Gasteiger partial charge in [0.25, 0.3) is 5.91 Å². The Labute approximate surface area is 136 Å². The number of carbonyl (C=O) groups excluding carboxylic acids is 2. The van der Waals surface area contributed by atoms with E-state index in [1.165, 1.54) is 6.92 Å². The van der Waals surface area contributed by atoms with Crippen molar-refractivity contribution in [3.05, 3.63) is 29.3 Å². The van der Waals surface area contributed by atoms with Gasteiger partial charge in [-0.1, -0.05) is 6.07 Å². The summed E-state index contributed by atoms with van der Waals surface area (Å²) >= 11 is 0. The van der Waals surface area contributed by atoms with E-state index in [-0.39, 0.29) is 24.0 Å². The van der Waals surface area contributed by atoms with Gasteiger partial charge in [0, 0.05) is 37.8 Å². The number of fused-ring (bicyclic) bond motifs is 1. The number of hydrogen-bond acceptors (Lipinski definition) is 4. The molecular weight excluding hydrogens is 294 g/mol. The molecule has 0 spiro atoms. The van der Waals surface area contributed by atoms with E-state index in [2.05, 4.69) is 17.3 Å². The molecule has 124 valence electrons. The third kappa shape index (κ3) is 3.09. The SMILES string of the molecule is CC(=O)Nc1cccc(C(=O)N2CC3OCCN(C)C3C2)c1C. The maximum absolute atomic E-state index is 12.9. The first kappa shape index (κ1) is 16.0. The molecule has 6 heteroatoms. The summed E-state index contributed by atoms with van der Waals surface area (Å²) in [6.45, 7) is 6.26. The molecule has 2 unspecified atom stereocenters. The number of carbonyl (C=O) groups is 2. The minimum atomic E-state index is -0.139. The van der Waals surface area contributed by atoms with Crippen LogP contribution in [0.2, 0.25) is 0 Å². The molecule has 1 aromatic rings. The van der Waals surface area contributed by atoms with Gasteiger partial charge in [-0.15, -0.1) is 0 Å². The number of morpholine rings is 1. The Hall–Kier alpha value is -1.92. The van der Waals surface area contributed by atoms with Gasteiger partial charge in [0.15, 0.2) is 0 Å². The topological polar surface area (TPSA) is 61.9 Å². The maximum Gasteiger partial charge on any atom is 0.254 e. The van der Waals surface area contributed by atoms with E-state index in [1.54, 1.807) is 6.07 Å². The van der Waals surface area contributed by atoms with E-state index in [9.17, 15) is 9.59 Å². The monoisotopic (exact) mass is 317 g/mol. The number of benzene rings is 1. The fraction of sp³-hybridized carbons (Fsp3) is 0.529. The average Bonchev–Trinajstić information content (AvgIpc) is 2.94. The van der Waals surface area contributed by atoms with E-state index >= 15 is 0 Å². The lowest BCUT2D eigenvalue weighted by molar-refractivity contribution is -0.114. The summed E-state index contributed by atoms with van der Waals surface area (Å²) in [5, 5.41) is 2.77. The number of nitrogens with one attached hydrogen (secondary N) is 1. The van der Waals surface area contributed by atoms with Crippen molar-refractivity contribution in [3.8, 4) is 0 Å². The standard InChI is InChI=1S/C17H23N3O3/c1-11-13(5-4-6-14(11)18-12(2)21)17(22)20-9-15-16(10-20)23-8-7-19(15)3/h4-6,15-16H,7-10H2,1-3H3,(H,18,21). The van der Waals surface area contributed by atoms with Crippen molar-refractivity contribution in [3.63, 3.8) is 0 Å². The molecule has 0 aliphatic carbocycles. The van der Waals surface area contributed by atoms with Crippen molar-refractivity contribution < 1.29 is 14.3 Å². The highest BCUT2D eigenvalue weighted by molar-refractivity contribution is 5.99. The van der Waals surface area contributed by atoms with Crippen LogP contribution in [0.5, 0.6) is 0 Å². The summed E-state index contributed by atoms with van der Waals surface area (Å²) in [5.74, 6) is -0.138. The molecule has 0 bridgehead atoms. The molecular formula is C17H23N3O3. The third-order valence-electron chi connectivity index (χ3n) is 4.74.